The highest BCUT2D eigenvalue weighted by molar-refractivity contribution is 6.30. The summed E-state index contributed by atoms with van der Waals surface area (Å²) >= 11 is 6.06. The minimum absolute atomic E-state index is 0.00949. The Morgan fingerprint density at radius 3 is 2.69 bits per heavy atom. The summed E-state index contributed by atoms with van der Waals surface area (Å²) in [5.74, 6) is 0.760. The highest BCUT2D eigenvalue weighted by Crippen LogP contribution is 2.34. The van der Waals surface area contributed by atoms with Gasteiger partial charge in [-0.3, -0.25) is 9.69 Å². The van der Waals surface area contributed by atoms with E-state index in [0.29, 0.717) is 31.2 Å². The molecular formula is C22H24ClN3O3. The van der Waals surface area contributed by atoms with Gasteiger partial charge in [-0.15, -0.1) is 0 Å². The van der Waals surface area contributed by atoms with Crippen LogP contribution >= 0.6 is 11.6 Å². The van der Waals surface area contributed by atoms with Crippen molar-refractivity contribution in [3.63, 3.8) is 0 Å². The largest absolute Gasteiger partial charge is 0.497 e. The lowest BCUT2D eigenvalue weighted by Crippen LogP contribution is -2.43. The number of carbonyl (C=O) groups is 1. The van der Waals surface area contributed by atoms with Gasteiger partial charge in [0.1, 0.15) is 5.75 Å². The lowest BCUT2D eigenvalue weighted by molar-refractivity contribution is -0.135. The van der Waals surface area contributed by atoms with Crippen LogP contribution < -0.4 is 4.74 Å². The molecule has 1 fully saturated rings. The molecule has 2 heterocycles. The predicted molar refractivity (Wildman–Crippen MR) is 112 cm³/mol. The lowest BCUT2D eigenvalue weighted by atomic mass is 9.98. The number of ether oxygens (including phenoxy) is 2. The van der Waals surface area contributed by atoms with Gasteiger partial charge in [0.25, 0.3) is 5.91 Å². The van der Waals surface area contributed by atoms with Gasteiger partial charge in [0, 0.05) is 30.1 Å². The average Bonchev–Trinajstić information content (AvgIpc) is 3.21. The Morgan fingerprint density at radius 1 is 1.21 bits per heavy atom. The van der Waals surface area contributed by atoms with E-state index >= 15 is 0 Å². The summed E-state index contributed by atoms with van der Waals surface area (Å²) in [6, 6.07) is 15.3. The molecule has 2 aliphatic heterocycles. The van der Waals surface area contributed by atoms with Gasteiger partial charge >= 0.3 is 0 Å². The van der Waals surface area contributed by atoms with E-state index in [9.17, 15) is 4.79 Å². The first-order valence-electron chi connectivity index (χ1n) is 9.73. The second-order valence-corrected chi connectivity index (χ2v) is 7.61. The van der Waals surface area contributed by atoms with Crippen LogP contribution in [0.5, 0.6) is 5.75 Å². The number of rotatable bonds is 5. The van der Waals surface area contributed by atoms with Crippen molar-refractivity contribution in [1.29, 1.82) is 0 Å². The topological polar surface area (TPSA) is 54.4 Å². The van der Waals surface area contributed by atoms with Crippen LogP contribution in [0.1, 0.15) is 23.6 Å². The molecule has 6 nitrogen and oxygen atoms in total. The maximum absolute atomic E-state index is 13.1. The molecule has 1 unspecified atom stereocenters. The summed E-state index contributed by atoms with van der Waals surface area (Å²) < 4.78 is 10.7. The Bertz CT molecular complexity index is 894. The van der Waals surface area contributed by atoms with Crippen molar-refractivity contribution in [2.45, 2.75) is 12.5 Å². The molecule has 2 aliphatic rings. The van der Waals surface area contributed by atoms with Crippen LogP contribution in [0.3, 0.4) is 0 Å². The molecule has 2 aromatic carbocycles. The second kappa shape index (κ2) is 8.95. The van der Waals surface area contributed by atoms with Gasteiger partial charge in [0.05, 0.1) is 38.6 Å². The number of morpholine rings is 1. The van der Waals surface area contributed by atoms with Gasteiger partial charge in [-0.05, 0) is 29.8 Å². The lowest BCUT2D eigenvalue weighted by Gasteiger charge is -2.29. The summed E-state index contributed by atoms with van der Waals surface area (Å²) in [7, 11) is 1.64. The summed E-state index contributed by atoms with van der Waals surface area (Å²) in [4.78, 5) is 15.3. The fraction of sp³-hybridized carbons (Fsp3) is 0.364. The van der Waals surface area contributed by atoms with Crippen molar-refractivity contribution in [2.24, 2.45) is 5.10 Å². The predicted octanol–water partition coefficient (Wildman–Crippen LogP) is 3.36. The fourth-order valence-corrected chi connectivity index (χ4v) is 3.81. The Labute approximate surface area is 175 Å². The number of hydrogen-bond donors (Lipinski definition) is 0. The van der Waals surface area contributed by atoms with Crippen LogP contribution in [0.15, 0.2) is 53.6 Å². The normalized spacial score (nSPS) is 19.9. The first-order chi connectivity index (χ1) is 14.1. The molecule has 1 amide bonds. The molecule has 0 N–H and O–H groups in total. The summed E-state index contributed by atoms with van der Waals surface area (Å²) in [5.41, 5.74) is 2.86. The summed E-state index contributed by atoms with van der Waals surface area (Å²) in [6.07, 6.45) is 0.643. The minimum Gasteiger partial charge on any atom is -0.497 e. The number of hydrazone groups is 1. The van der Waals surface area contributed by atoms with E-state index in [1.165, 1.54) is 0 Å². The van der Waals surface area contributed by atoms with Gasteiger partial charge < -0.3 is 9.47 Å². The van der Waals surface area contributed by atoms with Gasteiger partial charge in [-0.25, -0.2) is 5.01 Å². The van der Waals surface area contributed by atoms with Crippen LogP contribution in [-0.4, -0.2) is 61.5 Å². The molecule has 2 aromatic rings. The number of carbonyl (C=O) groups excluding carboxylic acids is 1. The quantitative estimate of drug-likeness (QED) is 0.754. The molecule has 0 aliphatic carbocycles. The molecule has 0 aromatic heterocycles. The van der Waals surface area contributed by atoms with Crippen molar-refractivity contribution in [2.75, 3.05) is 40.0 Å². The number of hydrogen-bond acceptors (Lipinski definition) is 5. The van der Waals surface area contributed by atoms with E-state index in [2.05, 4.69) is 4.90 Å². The number of benzene rings is 2. The third-order valence-corrected chi connectivity index (χ3v) is 5.54. The van der Waals surface area contributed by atoms with E-state index in [1.807, 2.05) is 48.5 Å². The van der Waals surface area contributed by atoms with Crippen LogP contribution in [0.2, 0.25) is 5.02 Å². The van der Waals surface area contributed by atoms with Crippen molar-refractivity contribution in [3.8, 4) is 5.75 Å². The van der Waals surface area contributed by atoms with Crippen molar-refractivity contribution in [1.82, 2.24) is 9.91 Å². The summed E-state index contributed by atoms with van der Waals surface area (Å²) in [5, 5.41) is 7.04. The van der Waals surface area contributed by atoms with Crippen molar-refractivity contribution in [3.05, 3.63) is 64.7 Å². The molecular weight excluding hydrogens is 390 g/mol. The number of amides is 1. The molecule has 0 bridgehead atoms. The van der Waals surface area contributed by atoms with Crippen LogP contribution in [0, 0.1) is 0 Å². The Balaban J connectivity index is 1.61. The maximum atomic E-state index is 13.1. The first-order valence-corrected chi connectivity index (χ1v) is 10.1. The maximum Gasteiger partial charge on any atom is 0.257 e. The smallest absolute Gasteiger partial charge is 0.257 e. The van der Waals surface area contributed by atoms with Gasteiger partial charge in [-0.2, -0.15) is 5.10 Å². The zero-order valence-corrected chi connectivity index (χ0v) is 17.1. The minimum atomic E-state index is -0.151. The second-order valence-electron chi connectivity index (χ2n) is 7.18. The molecule has 0 saturated carbocycles. The molecule has 1 saturated heterocycles. The van der Waals surface area contributed by atoms with E-state index < -0.39 is 0 Å². The SMILES string of the molecule is COc1cccc(C2=NN(C(=O)CN3CCOCC3)C(c3ccc(Cl)cc3)C2)c1. The van der Waals surface area contributed by atoms with Gasteiger partial charge in [-0.1, -0.05) is 35.9 Å². The average molecular weight is 414 g/mol. The monoisotopic (exact) mass is 413 g/mol. The zero-order valence-electron chi connectivity index (χ0n) is 16.4. The standard InChI is InChI=1S/C22H24ClN3O3/c1-28-19-4-2-3-17(13-19)20-14-21(16-5-7-18(23)8-6-16)26(24-20)22(27)15-25-9-11-29-12-10-25/h2-8,13,21H,9-12,14-15H2,1H3. The number of methoxy groups -OCH3 is 1. The van der Waals surface area contributed by atoms with E-state index in [1.54, 1.807) is 12.1 Å². The number of nitrogens with zero attached hydrogens (tertiary/aromatic N) is 3. The Morgan fingerprint density at radius 2 is 1.97 bits per heavy atom. The molecule has 7 heteroatoms. The summed E-state index contributed by atoms with van der Waals surface area (Å²) in [6.45, 7) is 3.18. The van der Waals surface area contributed by atoms with Crippen molar-refractivity contribution >= 4 is 23.2 Å². The van der Waals surface area contributed by atoms with Crippen molar-refractivity contribution < 1.29 is 14.3 Å². The molecule has 152 valence electrons. The fourth-order valence-electron chi connectivity index (χ4n) is 3.68. The van der Waals surface area contributed by atoms with Gasteiger partial charge in [0.15, 0.2) is 0 Å². The van der Waals surface area contributed by atoms with Crippen LogP contribution in [0.25, 0.3) is 0 Å². The first kappa shape index (κ1) is 19.9. The molecule has 0 spiro atoms. The molecule has 29 heavy (non-hydrogen) atoms. The number of halogens is 1. The molecule has 1 atom stereocenters. The molecule has 4 rings (SSSR count). The van der Waals surface area contributed by atoms with Crippen LogP contribution in [-0.2, 0) is 9.53 Å². The van der Waals surface area contributed by atoms with E-state index in [0.717, 1.165) is 35.7 Å². The Hall–Kier alpha value is -2.41. The highest BCUT2D eigenvalue weighted by atomic mass is 35.5. The van der Waals surface area contributed by atoms with E-state index in [-0.39, 0.29) is 11.9 Å². The molecule has 0 radical (unpaired) electrons. The zero-order chi connectivity index (χ0) is 20.2. The van der Waals surface area contributed by atoms with Gasteiger partial charge in [0.2, 0.25) is 0 Å². The van der Waals surface area contributed by atoms with Crippen LogP contribution in [0.4, 0.5) is 0 Å². The third kappa shape index (κ3) is 4.61. The van der Waals surface area contributed by atoms with E-state index in [4.69, 9.17) is 26.2 Å². The third-order valence-electron chi connectivity index (χ3n) is 5.29. The Kier molecular flexibility index (Phi) is 6.13. The highest BCUT2D eigenvalue weighted by Gasteiger charge is 2.34.